The first kappa shape index (κ1) is 25.0. The Balaban J connectivity index is 2.13. The quantitative estimate of drug-likeness (QED) is 0.601. The Morgan fingerprint density at radius 2 is 1.88 bits per heavy atom. The molecule has 0 bridgehead atoms. The maximum absolute atomic E-state index is 13.5. The molecular formula is C25H25F3N2O4. The van der Waals surface area contributed by atoms with Crippen LogP contribution in [0.5, 0.6) is 11.5 Å². The summed E-state index contributed by atoms with van der Waals surface area (Å²) in [6.07, 6.45) is 5.12. The van der Waals surface area contributed by atoms with Crippen LogP contribution in [-0.4, -0.2) is 30.1 Å². The highest BCUT2D eigenvalue weighted by Gasteiger charge is 2.36. The minimum absolute atomic E-state index is 0.0325. The summed E-state index contributed by atoms with van der Waals surface area (Å²) in [4.78, 5) is 27.2. The molecule has 9 heteroatoms. The molecule has 1 saturated carbocycles. The van der Waals surface area contributed by atoms with Crippen molar-refractivity contribution in [3.8, 4) is 23.8 Å². The van der Waals surface area contributed by atoms with Crippen molar-refractivity contribution >= 4 is 17.5 Å². The minimum atomic E-state index is -4.66. The summed E-state index contributed by atoms with van der Waals surface area (Å²) in [6.45, 7) is 0. The van der Waals surface area contributed by atoms with Gasteiger partial charge in [-0.05, 0) is 54.7 Å². The van der Waals surface area contributed by atoms with Crippen molar-refractivity contribution in [3.63, 3.8) is 0 Å². The van der Waals surface area contributed by atoms with Crippen molar-refractivity contribution < 1.29 is 32.6 Å². The summed E-state index contributed by atoms with van der Waals surface area (Å²) in [5.74, 6) is 0.159. The summed E-state index contributed by atoms with van der Waals surface area (Å²) < 4.78 is 45.3. The Morgan fingerprint density at radius 1 is 1.18 bits per heavy atom. The van der Waals surface area contributed by atoms with Gasteiger partial charge in [-0.2, -0.15) is 13.2 Å². The van der Waals surface area contributed by atoms with Gasteiger partial charge in [-0.3, -0.25) is 14.5 Å². The number of phenols is 1. The first-order valence-corrected chi connectivity index (χ1v) is 10.8. The van der Waals surface area contributed by atoms with E-state index in [0.717, 1.165) is 55.2 Å². The molecule has 1 unspecified atom stereocenters. The molecule has 1 atom stereocenters. The van der Waals surface area contributed by atoms with E-state index < -0.39 is 29.6 Å². The molecule has 0 heterocycles. The number of carbonyl (C=O) groups is 2. The molecular weight excluding hydrogens is 449 g/mol. The molecule has 2 amide bonds. The summed E-state index contributed by atoms with van der Waals surface area (Å²) in [5.41, 5.74) is -0.966. The number of benzene rings is 2. The van der Waals surface area contributed by atoms with Crippen molar-refractivity contribution in [1.82, 2.24) is 5.32 Å². The van der Waals surface area contributed by atoms with E-state index >= 15 is 0 Å². The van der Waals surface area contributed by atoms with Crippen LogP contribution in [-0.2, 0) is 15.8 Å². The lowest BCUT2D eigenvalue weighted by atomic mass is 9.94. The van der Waals surface area contributed by atoms with Crippen LogP contribution in [0.15, 0.2) is 42.5 Å². The number of hydrogen-bond donors (Lipinski definition) is 2. The molecule has 0 aromatic heterocycles. The van der Waals surface area contributed by atoms with E-state index in [0.29, 0.717) is 0 Å². The van der Waals surface area contributed by atoms with Crippen LogP contribution in [0, 0.1) is 12.3 Å². The number of alkyl halides is 3. The molecule has 0 spiro atoms. The molecule has 1 aliphatic rings. The monoisotopic (exact) mass is 474 g/mol. The lowest BCUT2D eigenvalue weighted by molar-refractivity contribution is -0.137. The Labute approximate surface area is 195 Å². The summed E-state index contributed by atoms with van der Waals surface area (Å²) in [7, 11) is 1.31. The van der Waals surface area contributed by atoms with Gasteiger partial charge in [-0.25, -0.2) is 0 Å². The SMILES string of the molecule is C#CC(=O)N(c1cccc(C(F)(F)F)c1)C(C(=O)NC1CCCCC1)c1ccc(O)c(OC)c1. The number of terminal acetylenes is 1. The molecule has 1 fully saturated rings. The standard InChI is InChI=1S/C25H25F3N2O4/c1-3-22(32)30(19-11-7-8-17(15-19)25(26,27)28)23(16-12-13-20(31)21(14-16)34-2)24(33)29-18-9-5-4-6-10-18/h1,7-8,11-15,18,23,31H,4-6,9-10H2,2H3,(H,29,33). The number of hydrogen-bond acceptors (Lipinski definition) is 4. The number of aromatic hydroxyl groups is 1. The van der Waals surface area contributed by atoms with Crippen molar-refractivity contribution in [1.29, 1.82) is 0 Å². The van der Waals surface area contributed by atoms with E-state index in [2.05, 4.69) is 5.32 Å². The van der Waals surface area contributed by atoms with Crippen LogP contribution in [0.4, 0.5) is 18.9 Å². The molecule has 2 aromatic rings. The van der Waals surface area contributed by atoms with Gasteiger partial charge in [0.2, 0.25) is 5.91 Å². The van der Waals surface area contributed by atoms with Gasteiger partial charge >= 0.3 is 12.1 Å². The van der Waals surface area contributed by atoms with Gasteiger partial charge in [0.05, 0.1) is 12.7 Å². The van der Waals surface area contributed by atoms with Crippen LogP contribution < -0.4 is 15.0 Å². The van der Waals surface area contributed by atoms with Gasteiger partial charge < -0.3 is 15.2 Å². The van der Waals surface area contributed by atoms with Gasteiger partial charge in [-0.15, -0.1) is 6.42 Å². The first-order chi connectivity index (χ1) is 16.2. The number of nitrogens with one attached hydrogen (secondary N) is 1. The third-order valence-electron chi connectivity index (χ3n) is 5.77. The van der Waals surface area contributed by atoms with Gasteiger partial charge in [0.1, 0.15) is 6.04 Å². The van der Waals surface area contributed by atoms with Crippen LogP contribution in [0.1, 0.15) is 49.3 Å². The van der Waals surface area contributed by atoms with Crippen molar-refractivity contribution in [3.05, 3.63) is 53.6 Å². The number of anilines is 1. The highest BCUT2D eigenvalue weighted by atomic mass is 19.4. The maximum atomic E-state index is 13.5. The van der Waals surface area contributed by atoms with Crippen molar-refractivity contribution in [2.24, 2.45) is 0 Å². The predicted molar refractivity (Wildman–Crippen MR) is 120 cm³/mol. The van der Waals surface area contributed by atoms with E-state index in [9.17, 15) is 27.9 Å². The maximum Gasteiger partial charge on any atom is 0.416 e. The average Bonchev–Trinajstić information content (AvgIpc) is 2.82. The second-order valence-corrected chi connectivity index (χ2v) is 8.04. The fourth-order valence-corrected chi connectivity index (χ4v) is 4.09. The number of phenolic OH excluding ortho intramolecular Hbond substituents is 1. The second kappa shape index (κ2) is 10.5. The number of rotatable bonds is 6. The highest BCUT2D eigenvalue weighted by molar-refractivity contribution is 6.09. The predicted octanol–water partition coefficient (Wildman–Crippen LogP) is 4.58. The number of nitrogens with zero attached hydrogens (tertiary/aromatic N) is 1. The molecule has 0 aliphatic heterocycles. The lowest BCUT2D eigenvalue weighted by Crippen LogP contribution is -2.47. The van der Waals surface area contributed by atoms with Crippen LogP contribution in [0.2, 0.25) is 0 Å². The Morgan fingerprint density at radius 3 is 2.50 bits per heavy atom. The molecule has 0 saturated heterocycles. The fourth-order valence-electron chi connectivity index (χ4n) is 4.09. The number of amides is 2. The largest absolute Gasteiger partial charge is 0.504 e. The van der Waals surface area contributed by atoms with Crippen molar-refractivity contribution in [2.75, 3.05) is 12.0 Å². The van der Waals surface area contributed by atoms with Gasteiger partial charge in [0.25, 0.3) is 0 Å². The van der Waals surface area contributed by atoms with Crippen molar-refractivity contribution in [2.45, 2.75) is 50.4 Å². The summed E-state index contributed by atoms with van der Waals surface area (Å²) in [6, 6.07) is 6.55. The zero-order valence-corrected chi connectivity index (χ0v) is 18.6. The fraction of sp³-hybridized carbons (Fsp3) is 0.360. The highest BCUT2D eigenvalue weighted by Crippen LogP contribution is 2.37. The average molecular weight is 474 g/mol. The van der Waals surface area contributed by atoms with E-state index in [4.69, 9.17) is 11.2 Å². The Hall–Kier alpha value is -3.67. The van der Waals surface area contributed by atoms with Crippen LogP contribution in [0.25, 0.3) is 0 Å². The third-order valence-corrected chi connectivity index (χ3v) is 5.77. The molecule has 2 aromatic carbocycles. The molecule has 6 nitrogen and oxygen atoms in total. The number of methoxy groups -OCH3 is 1. The molecule has 1 aliphatic carbocycles. The minimum Gasteiger partial charge on any atom is -0.504 e. The summed E-state index contributed by atoms with van der Waals surface area (Å²) in [5, 5.41) is 12.9. The van der Waals surface area contributed by atoms with Crippen LogP contribution in [0.3, 0.4) is 0 Å². The zero-order chi connectivity index (χ0) is 24.9. The van der Waals surface area contributed by atoms with E-state index in [1.54, 1.807) is 0 Å². The molecule has 34 heavy (non-hydrogen) atoms. The first-order valence-electron chi connectivity index (χ1n) is 10.8. The van der Waals surface area contributed by atoms with Gasteiger partial charge in [0.15, 0.2) is 11.5 Å². The topological polar surface area (TPSA) is 78.9 Å². The smallest absolute Gasteiger partial charge is 0.416 e. The Bertz CT molecular complexity index is 1090. The Kier molecular flexibility index (Phi) is 7.72. The van der Waals surface area contributed by atoms with E-state index in [1.807, 2.05) is 5.92 Å². The van der Waals surface area contributed by atoms with E-state index in [1.165, 1.54) is 31.4 Å². The normalized spacial score (nSPS) is 15.1. The summed E-state index contributed by atoms with van der Waals surface area (Å²) >= 11 is 0. The number of carbonyl (C=O) groups excluding carboxylic acids is 2. The van der Waals surface area contributed by atoms with E-state index in [-0.39, 0.29) is 28.8 Å². The van der Waals surface area contributed by atoms with Crippen LogP contribution >= 0.6 is 0 Å². The third kappa shape index (κ3) is 5.63. The molecule has 2 N–H and O–H groups in total. The molecule has 3 rings (SSSR count). The lowest BCUT2D eigenvalue weighted by Gasteiger charge is -2.32. The zero-order valence-electron chi connectivity index (χ0n) is 18.6. The molecule has 180 valence electrons. The van der Waals surface area contributed by atoms with Gasteiger partial charge in [-0.1, -0.05) is 31.4 Å². The number of halogens is 3. The number of ether oxygens (including phenoxy) is 1. The second-order valence-electron chi connectivity index (χ2n) is 8.04. The van der Waals surface area contributed by atoms with Gasteiger partial charge in [0, 0.05) is 11.7 Å². The molecule has 0 radical (unpaired) electrons.